The second-order valence-electron chi connectivity index (χ2n) is 3.74. The highest BCUT2D eigenvalue weighted by atomic mass is 15.2. The van der Waals surface area contributed by atoms with E-state index in [4.69, 9.17) is 5.73 Å². The van der Waals surface area contributed by atoms with Gasteiger partial charge in [0.25, 0.3) is 0 Å². The average molecular weight is 170 g/mol. The minimum absolute atomic E-state index is 0.760. The molecule has 0 bridgehead atoms. The van der Waals surface area contributed by atoms with Gasteiger partial charge in [0.15, 0.2) is 0 Å². The van der Waals surface area contributed by atoms with Crippen LogP contribution in [0.1, 0.15) is 39.0 Å². The quantitative estimate of drug-likeness (QED) is 0.694. The predicted octanol–water partition coefficient (Wildman–Crippen LogP) is 1.60. The lowest BCUT2D eigenvalue weighted by Crippen LogP contribution is -2.39. The summed E-state index contributed by atoms with van der Waals surface area (Å²) in [5, 5.41) is 0. The van der Waals surface area contributed by atoms with Crippen molar-refractivity contribution in [3.8, 4) is 0 Å². The van der Waals surface area contributed by atoms with Gasteiger partial charge in [0.2, 0.25) is 0 Å². The van der Waals surface area contributed by atoms with Crippen molar-refractivity contribution in [2.24, 2.45) is 5.73 Å². The van der Waals surface area contributed by atoms with Gasteiger partial charge in [0, 0.05) is 6.04 Å². The predicted molar refractivity (Wildman–Crippen MR) is 53.2 cm³/mol. The smallest absolute Gasteiger partial charge is 0.0105 e. The van der Waals surface area contributed by atoms with Crippen LogP contribution in [0.4, 0.5) is 0 Å². The molecule has 1 rings (SSSR count). The third-order valence-corrected chi connectivity index (χ3v) is 2.88. The van der Waals surface area contributed by atoms with Crippen LogP contribution in [0, 0.1) is 0 Å². The molecular weight excluding hydrogens is 148 g/mol. The first-order valence-corrected chi connectivity index (χ1v) is 5.32. The Morgan fingerprint density at radius 3 is 2.42 bits per heavy atom. The standard InChI is InChI=1S/C10H22N2/c1-2-10(6-7-11)12-8-4-3-5-9-12/h10H,2-9,11H2,1H3. The van der Waals surface area contributed by atoms with E-state index in [-0.39, 0.29) is 0 Å². The van der Waals surface area contributed by atoms with Crippen LogP contribution >= 0.6 is 0 Å². The summed E-state index contributed by atoms with van der Waals surface area (Å²) in [6.07, 6.45) is 6.64. The fourth-order valence-corrected chi connectivity index (χ4v) is 2.12. The largest absolute Gasteiger partial charge is 0.330 e. The fraction of sp³-hybridized carbons (Fsp3) is 1.00. The first-order valence-electron chi connectivity index (χ1n) is 5.32. The summed E-state index contributed by atoms with van der Waals surface area (Å²) in [6.45, 7) is 5.72. The summed E-state index contributed by atoms with van der Waals surface area (Å²) in [5.74, 6) is 0. The van der Waals surface area contributed by atoms with Gasteiger partial charge in [-0.15, -0.1) is 0 Å². The highest BCUT2D eigenvalue weighted by Crippen LogP contribution is 2.15. The van der Waals surface area contributed by atoms with Crippen LogP contribution < -0.4 is 5.73 Å². The van der Waals surface area contributed by atoms with E-state index in [2.05, 4.69) is 11.8 Å². The van der Waals surface area contributed by atoms with Gasteiger partial charge in [-0.1, -0.05) is 13.3 Å². The topological polar surface area (TPSA) is 29.3 Å². The van der Waals surface area contributed by atoms with Gasteiger partial charge in [-0.3, -0.25) is 0 Å². The van der Waals surface area contributed by atoms with Crippen LogP contribution in [-0.2, 0) is 0 Å². The third kappa shape index (κ3) is 2.76. The van der Waals surface area contributed by atoms with Crippen LogP contribution in [0.2, 0.25) is 0 Å². The van der Waals surface area contributed by atoms with Crippen molar-refractivity contribution >= 4 is 0 Å². The Morgan fingerprint density at radius 2 is 1.92 bits per heavy atom. The van der Waals surface area contributed by atoms with Gasteiger partial charge < -0.3 is 10.6 Å². The molecule has 1 atom stereocenters. The van der Waals surface area contributed by atoms with Crippen molar-refractivity contribution in [3.63, 3.8) is 0 Å². The Labute approximate surface area is 76.1 Å². The molecule has 1 aliphatic heterocycles. The maximum Gasteiger partial charge on any atom is 0.0105 e. The van der Waals surface area contributed by atoms with Crippen LogP contribution in [0.5, 0.6) is 0 Å². The molecular formula is C10H22N2. The first-order chi connectivity index (χ1) is 5.88. The van der Waals surface area contributed by atoms with Gasteiger partial charge in [0.05, 0.1) is 0 Å². The van der Waals surface area contributed by atoms with Gasteiger partial charge in [-0.05, 0) is 45.3 Å². The molecule has 0 aliphatic carbocycles. The summed E-state index contributed by atoms with van der Waals surface area (Å²) in [7, 11) is 0. The second kappa shape index (κ2) is 5.55. The van der Waals surface area contributed by atoms with Crippen molar-refractivity contribution < 1.29 is 0 Å². The van der Waals surface area contributed by atoms with Gasteiger partial charge in [-0.25, -0.2) is 0 Å². The molecule has 2 nitrogen and oxygen atoms in total. The zero-order valence-electron chi connectivity index (χ0n) is 8.26. The van der Waals surface area contributed by atoms with E-state index in [0.29, 0.717) is 0 Å². The molecule has 0 radical (unpaired) electrons. The van der Waals surface area contributed by atoms with E-state index >= 15 is 0 Å². The minimum Gasteiger partial charge on any atom is -0.330 e. The van der Waals surface area contributed by atoms with Crippen molar-refractivity contribution in [1.29, 1.82) is 0 Å². The average Bonchev–Trinajstić information content (AvgIpc) is 2.15. The maximum atomic E-state index is 5.58. The molecule has 0 aromatic rings. The third-order valence-electron chi connectivity index (χ3n) is 2.88. The second-order valence-corrected chi connectivity index (χ2v) is 3.74. The number of hydrogen-bond acceptors (Lipinski definition) is 2. The molecule has 0 amide bonds. The van der Waals surface area contributed by atoms with Gasteiger partial charge in [-0.2, -0.15) is 0 Å². The summed E-state index contributed by atoms with van der Waals surface area (Å²) in [4.78, 5) is 2.62. The van der Waals surface area contributed by atoms with Crippen LogP contribution in [0.3, 0.4) is 0 Å². The van der Waals surface area contributed by atoms with Crippen molar-refractivity contribution in [2.45, 2.75) is 45.1 Å². The molecule has 12 heavy (non-hydrogen) atoms. The van der Waals surface area contributed by atoms with E-state index in [0.717, 1.165) is 12.6 Å². The Morgan fingerprint density at radius 1 is 1.25 bits per heavy atom. The van der Waals surface area contributed by atoms with Gasteiger partial charge >= 0.3 is 0 Å². The lowest BCUT2D eigenvalue weighted by molar-refractivity contribution is 0.153. The highest BCUT2D eigenvalue weighted by molar-refractivity contribution is 4.73. The van der Waals surface area contributed by atoms with E-state index in [1.165, 1.54) is 45.2 Å². The van der Waals surface area contributed by atoms with E-state index in [9.17, 15) is 0 Å². The number of nitrogens with zero attached hydrogens (tertiary/aromatic N) is 1. The molecule has 1 fully saturated rings. The van der Waals surface area contributed by atoms with Crippen LogP contribution in [0.25, 0.3) is 0 Å². The Hall–Kier alpha value is -0.0800. The summed E-state index contributed by atoms with van der Waals surface area (Å²) >= 11 is 0. The zero-order valence-corrected chi connectivity index (χ0v) is 8.26. The Bertz CT molecular complexity index is 106. The molecule has 0 spiro atoms. The Balaban J connectivity index is 2.29. The van der Waals surface area contributed by atoms with Crippen LogP contribution in [-0.4, -0.2) is 30.6 Å². The number of piperidine rings is 1. The molecule has 1 heterocycles. The van der Waals surface area contributed by atoms with E-state index in [1.54, 1.807) is 0 Å². The highest BCUT2D eigenvalue weighted by Gasteiger charge is 2.17. The number of rotatable bonds is 4. The van der Waals surface area contributed by atoms with Crippen molar-refractivity contribution in [2.75, 3.05) is 19.6 Å². The molecule has 72 valence electrons. The van der Waals surface area contributed by atoms with E-state index < -0.39 is 0 Å². The molecule has 0 aromatic carbocycles. The lowest BCUT2D eigenvalue weighted by atomic mass is 10.0. The van der Waals surface area contributed by atoms with Crippen molar-refractivity contribution in [1.82, 2.24) is 4.90 Å². The van der Waals surface area contributed by atoms with E-state index in [1.807, 2.05) is 0 Å². The SMILES string of the molecule is CCC(CCN)N1CCCCC1. The molecule has 2 heteroatoms. The monoisotopic (exact) mass is 170 g/mol. The lowest BCUT2D eigenvalue weighted by Gasteiger charge is -2.33. The number of nitrogens with two attached hydrogens (primary N) is 1. The number of hydrogen-bond donors (Lipinski definition) is 1. The fourth-order valence-electron chi connectivity index (χ4n) is 2.12. The maximum absolute atomic E-state index is 5.58. The van der Waals surface area contributed by atoms with Crippen molar-refractivity contribution in [3.05, 3.63) is 0 Å². The normalized spacial score (nSPS) is 22.5. The van der Waals surface area contributed by atoms with Gasteiger partial charge in [0.1, 0.15) is 0 Å². The molecule has 2 N–H and O–H groups in total. The molecule has 1 unspecified atom stereocenters. The molecule has 1 aliphatic rings. The summed E-state index contributed by atoms with van der Waals surface area (Å²) in [5.41, 5.74) is 5.58. The summed E-state index contributed by atoms with van der Waals surface area (Å²) < 4.78 is 0. The zero-order chi connectivity index (χ0) is 8.81. The Kier molecular flexibility index (Phi) is 4.62. The first kappa shape index (κ1) is 10.0. The molecule has 1 saturated heterocycles. The van der Waals surface area contributed by atoms with Crippen LogP contribution in [0.15, 0.2) is 0 Å². The summed E-state index contributed by atoms with van der Waals surface area (Å²) in [6, 6.07) is 0.760. The minimum atomic E-state index is 0.760. The number of likely N-dealkylation sites (tertiary alicyclic amines) is 1. The molecule has 0 saturated carbocycles. The molecule has 0 aromatic heterocycles.